The molecule has 0 aliphatic carbocycles. The number of hydrogen-bond acceptors (Lipinski definition) is 3. The predicted molar refractivity (Wildman–Crippen MR) is 101 cm³/mol. The lowest BCUT2D eigenvalue weighted by Gasteiger charge is -2.19. The maximum atomic E-state index is 12.5. The summed E-state index contributed by atoms with van der Waals surface area (Å²) in [5.74, 6) is 1.31. The van der Waals surface area contributed by atoms with E-state index in [4.69, 9.17) is 4.74 Å². The van der Waals surface area contributed by atoms with Gasteiger partial charge in [0.2, 0.25) is 0 Å². The number of nitrogens with zero attached hydrogens (tertiary/aromatic N) is 2. The molecule has 0 saturated carbocycles. The molecule has 1 heterocycles. The van der Waals surface area contributed by atoms with Crippen molar-refractivity contribution in [2.75, 3.05) is 6.61 Å². The number of rotatable bonds is 6. The summed E-state index contributed by atoms with van der Waals surface area (Å²) >= 11 is 0. The van der Waals surface area contributed by atoms with Crippen LogP contribution >= 0.6 is 0 Å². The molecule has 5 heteroatoms. The molecule has 1 amide bonds. The summed E-state index contributed by atoms with van der Waals surface area (Å²) < 4.78 is 7.63. The van der Waals surface area contributed by atoms with E-state index in [1.54, 1.807) is 6.20 Å². The maximum absolute atomic E-state index is 12.5. The van der Waals surface area contributed by atoms with Gasteiger partial charge in [-0.15, -0.1) is 0 Å². The van der Waals surface area contributed by atoms with E-state index in [2.05, 4.69) is 10.3 Å². The van der Waals surface area contributed by atoms with Crippen LogP contribution in [0.15, 0.2) is 60.9 Å². The van der Waals surface area contributed by atoms with Crippen molar-refractivity contribution in [1.82, 2.24) is 14.9 Å². The van der Waals surface area contributed by atoms with Crippen LogP contribution < -0.4 is 10.1 Å². The van der Waals surface area contributed by atoms with Crippen molar-refractivity contribution in [1.29, 1.82) is 0 Å². The molecule has 134 valence electrons. The van der Waals surface area contributed by atoms with Gasteiger partial charge in [-0.25, -0.2) is 4.98 Å². The van der Waals surface area contributed by atoms with Crippen molar-refractivity contribution >= 4 is 5.91 Å². The average Bonchev–Trinajstić information content (AvgIpc) is 3.07. The van der Waals surface area contributed by atoms with E-state index >= 15 is 0 Å². The first-order valence-corrected chi connectivity index (χ1v) is 8.57. The van der Waals surface area contributed by atoms with Crippen molar-refractivity contribution < 1.29 is 9.53 Å². The predicted octanol–water partition coefficient (Wildman–Crippen LogP) is 3.32. The number of carbonyl (C=O) groups excluding carboxylic acids is 1. The Kier molecular flexibility index (Phi) is 5.37. The van der Waals surface area contributed by atoms with E-state index in [9.17, 15) is 4.79 Å². The van der Waals surface area contributed by atoms with Crippen LogP contribution in [0.5, 0.6) is 5.75 Å². The Morgan fingerprint density at radius 1 is 1.15 bits per heavy atom. The number of amides is 1. The van der Waals surface area contributed by atoms with E-state index in [1.807, 2.05) is 80.2 Å². The summed E-state index contributed by atoms with van der Waals surface area (Å²) in [6.45, 7) is 3.97. The second-order valence-electron chi connectivity index (χ2n) is 6.29. The summed E-state index contributed by atoms with van der Waals surface area (Å²) in [6.07, 6.45) is 3.59. The highest BCUT2D eigenvalue weighted by atomic mass is 16.5. The zero-order valence-electron chi connectivity index (χ0n) is 15.3. The molecule has 3 aromatic rings. The molecule has 2 aromatic carbocycles. The maximum Gasteiger partial charge on any atom is 0.258 e. The zero-order chi connectivity index (χ0) is 18.5. The minimum Gasteiger partial charge on any atom is -0.483 e. The molecule has 3 rings (SSSR count). The van der Waals surface area contributed by atoms with Crippen LogP contribution in [-0.4, -0.2) is 22.1 Å². The molecule has 0 bridgehead atoms. The Hall–Kier alpha value is -3.08. The van der Waals surface area contributed by atoms with Crippen LogP contribution in [0, 0.1) is 13.8 Å². The third-order valence-corrected chi connectivity index (χ3v) is 4.47. The number of benzene rings is 2. The third-order valence-electron chi connectivity index (χ3n) is 4.47. The quantitative estimate of drug-likeness (QED) is 0.743. The summed E-state index contributed by atoms with van der Waals surface area (Å²) in [6, 6.07) is 15.3. The summed E-state index contributed by atoms with van der Waals surface area (Å²) in [5.41, 5.74) is 3.16. The molecule has 1 atom stereocenters. The average molecular weight is 349 g/mol. The molecular weight excluding hydrogens is 326 g/mol. The van der Waals surface area contributed by atoms with Gasteiger partial charge in [0, 0.05) is 19.4 Å². The second kappa shape index (κ2) is 7.87. The Bertz CT molecular complexity index is 887. The Balaban J connectivity index is 1.74. The number of nitrogens with one attached hydrogen (secondary N) is 1. The molecule has 0 saturated heterocycles. The van der Waals surface area contributed by atoms with Gasteiger partial charge in [0.25, 0.3) is 5.91 Å². The first kappa shape index (κ1) is 17.7. The third kappa shape index (κ3) is 3.94. The van der Waals surface area contributed by atoms with E-state index in [-0.39, 0.29) is 18.6 Å². The molecule has 0 aliphatic heterocycles. The van der Waals surface area contributed by atoms with Gasteiger partial charge in [0.05, 0.1) is 0 Å². The minimum atomic E-state index is -0.328. The lowest BCUT2D eigenvalue weighted by atomic mass is 10.1. The van der Waals surface area contributed by atoms with Gasteiger partial charge in [-0.3, -0.25) is 4.79 Å². The highest BCUT2D eigenvalue weighted by Crippen LogP contribution is 2.22. The second-order valence-corrected chi connectivity index (χ2v) is 6.29. The molecule has 0 spiro atoms. The van der Waals surface area contributed by atoms with E-state index in [0.717, 1.165) is 28.3 Å². The van der Waals surface area contributed by atoms with E-state index in [1.165, 1.54) is 0 Å². The zero-order valence-corrected chi connectivity index (χ0v) is 15.3. The van der Waals surface area contributed by atoms with Gasteiger partial charge >= 0.3 is 0 Å². The van der Waals surface area contributed by atoms with Crippen LogP contribution in [0.25, 0.3) is 0 Å². The fraction of sp³-hybridized carbons (Fsp3) is 0.238. The van der Waals surface area contributed by atoms with Crippen LogP contribution in [0.1, 0.15) is 28.6 Å². The number of aryl methyl sites for hydroxylation is 2. The van der Waals surface area contributed by atoms with Gasteiger partial charge in [-0.05, 0) is 36.6 Å². The number of ether oxygens (including phenoxy) is 1. The van der Waals surface area contributed by atoms with Crippen molar-refractivity contribution in [3.05, 3.63) is 83.4 Å². The molecule has 5 nitrogen and oxygen atoms in total. The largest absolute Gasteiger partial charge is 0.483 e. The lowest BCUT2D eigenvalue weighted by molar-refractivity contribution is -0.123. The van der Waals surface area contributed by atoms with Crippen molar-refractivity contribution in [3.8, 4) is 5.75 Å². The van der Waals surface area contributed by atoms with Crippen molar-refractivity contribution in [2.45, 2.75) is 19.9 Å². The fourth-order valence-corrected chi connectivity index (χ4v) is 2.82. The first-order valence-electron chi connectivity index (χ1n) is 8.57. The van der Waals surface area contributed by atoms with Crippen molar-refractivity contribution in [3.63, 3.8) is 0 Å². The lowest BCUT2D eigenvalue weighted by Crippen LogP contribution is -2.34. The summed E-state index contributed by atoms with van der Waals surface area (Å²) in [4.78, 5) is 16.9. The van der Waals surface area contributed by atoms with Crippen molar-refractivity contribution in [2.24, 2.45) is 7.05 Å². The fourth-order valence-electron chi connectivity index (χ4n) is 2.82. The topological polar surface area (TPSA) is 56.1 Å². The van der Waals surface area contributed by atoms with Gasteiger partial charge < -0.3 is 14.6 Å². The summed E-state index contributed by atoms with van der Waals surface area (Å²) in [7, 11) is 1.91. The van der Waals surface area contributed by atoms with Crippen LogP contribution in [0.4, 0.5) is 0 Å². The smallest absolute Gasteiger partial charge is 0.258 e. The molecular formula is C21H23N3O2. The van der Waals surface area contributed by atoms with Gasteiger partial charge in [-0.1, -0.05) is 42.5 Å². The number of carbonyl (C=O) groups is 1. The van der Waals surface area contributed by atoms with Crippen LogP contribution in [0.3, 0.4) is 0 Å². The first-order chi connectivity index (χ1) is 12.6. The number of hydrogen-bond donors (Lipinski definition) is 1. The molecule has 0 radical (unpaired) electrons. The summed E-state index contributed by atoms with van der Waals surface area (Å²) in [5, 5.41) is 3.03. The van der Waals surface area contributed by atoms with Crippen LogP contribution in [-0.2, 0) is 11.8 Å². The number of imidazole rings is 1. The SMILES string of the molecule is Cc1cccc(OCC(=O)NC(c2ccccc2)c2nccn2C)c1C. The number of aromatic nitrogens is 2. The Morgan fingerprint density at radius 3 is 2.62 bits per heavy atom. The van der Waals surface area contributed by atoms with E-state index < -0.39 is 0 Å². The highest BCUT2D eigenvalue weighted by molar-refractivity contribution is 5.78. The monoisotopic (exact) mass is 349 g/mol. The van der Waals surface area contributed by atoms with Gasteiger partial charge in [0.1, 0.15) is 17.6 Å². The standard InChI is InChI=1S/C21H23N3O2/c1-15-8-7-11-18(16(15)2)26-14-19(25)23-20(17-9-5-4-6-10-17)21-22-12-13-24(21)3/h4-13,20H,14H2,1-3H3,(H,23,25). The highest BCUT2D eigenvalue weighted by Gasteiger charge is 2.20. The Morgan fingerprint density at radius 2 is 1.92 bits per heavy atom. The normalized spacial score (nSPS) is 11.8. The molecule has 1 unspecified atom stereocenters. The molecule has 26 heavy (non-hydrogen) atoms. The molecule has 1 N–H and O–H groups in total. The van der Waals surface area contributed by atoms with Crippen LogP contribution in [0.2, 0.25) is 0 Å². The molecule has 0 fully saturated rings. The van der Waals surface area contributed by atoms with E-state index in [0.29, 0.717) is 0 Å². The molecule has 0 aliphatic rings. The van der Waals surface area contributed by atoms with Gasteiger partial charge in [0.15, 0.2) is 6.61 Å². The molecule has 1 aromatic heterocycles. The Labute approximate surface area is 153 Å². The minimum absolute atomic E-state index is 0.0436. The van der Waals surface area contributed by atoms with Gasteiger partial charge in [-0.2, -0.15) is 0 Å².